The van der Waals surface area contributed by atoms with E-state index in [0.717, 1.165) is 13.5 Å². The Morgan fingerprint density at radius 2 is 1.50 bits per heavy atom. The third-order valence-electron chi connectivity index (χ3n) is 1.25. The lowest BCUT2D eigenvalue weighted by Crippen LogP contribution is -1.73. The first-order valence-corrected chi connectivity index (χ1v) is 4.00. The van der Waals surface area contributed by atoms with E-state index >= 15 is 0 Å². The van der Waals surface area contributed by atoms with Crippen LogP contribution in [0.5, 0.6) is 0 Å². The molecule has 1 rings (SSSR count). The molecule has 0 aliphatic carbocycles. The van der Waals surface area contributed by atoms with Gasteiger partial charge in [-0.05, 0) is 19.0 Å². The summed E-state index contributed by atoms with van der Waals surface area (Å²) < 4.78 is 0. The Bertz CT molecular complexity index is 151. The lowest BCUT2D eigenvalue weighted by molar-refractivity contribution is 0.399. The molecule has 0 saturated heterocycles. The summed E-state index contributed by atoms with van der Waals surface area (Å²) >= 11 is 0. The van der Waals surface area contributed by atoms with Crippen LogP contribution in [0.3, 0.4) is 0 Å². The summed E-state index contributed by atoms with van der Waals surface area (Å²) in [4.78, 5) is 0. The second kappa shape index (κ2) is 12.8. The van der Waals surface area contributed by atoms with Crippen LogP contribution in [0.25, 0.3) is 0 Å². The van der Waals surface area contributed by atoms with Crippen molar-refractivity contribution in [2.45, 2.75) is 13.3 Å². The van der Waals surface area contributed by atoms with Gasteiger partial charge in [-0.3, -0.25) is 0 Å². The van der Waals surface area contributed by atoms with Crippen LogP contribution in [0, 0.1) is 0 Å². The van der Waals surface area contributed by atoms with Gasteiger partial charge in [0.05, 0.1) is 0 Å². The average molecular weight is 169 g/mol. The van der Waals surface area contributed by atoms with E-state index in [1.807, 2.05) is 6.07 Å². The minimum atomic E-state index is 1.00. The number of hydrogen-bond acceptors (Lipinski definition) is 2. The number of hydrogen-bond donors (Lipinski definition) is 2. The highest BCUT2D eigenvalue weighted by molar-refractivity contribution is 5.13. The third-order valence-corrected chi connectivity index (χ3v) is 1.25. The second-order valence-corrected chi connectivity index (χ2v) is 1.84. The van der Waals surface area contributed by atoms with E-state index < -0.39 is 0 Å². The van der Waals surface area contributed by atoms with Crippen LogP contribution in [0.4, 0.5) is 0 Å². The molecule has 0 saturated carbocycles. The van der Waals surface area contributed by atoms with Gasteiger partial charge in [-0.2, -0.15) is 0 Å². The Kier molecular flexibility index (Phi) is 14.6. The number of aryl methyl sites for hydroxylation is 1. The van der Waals surface area contributed by atoms with Gasteiger partial charge in [-0.25, -0.2) is 0 Å². The number of benzene rings is 1. The first kappa shape index (κ1) is 13.7. The number of aliphatic hydroxyl groups excluding tert-OH is 1. The van der Waals surface area contributed by atoms with Gasteiger partial charge in [0.15, 0.2) is 0 Å². The molecule has 0 atom stereocenters. The third kappa shape index (κ3) is 7.25. The molecule has 12 heavy (non-hydrogen) atoms. The molecule has 70 valence electrons. The molecule has 0 radical (unpaired) electrons. The molecule has 2 heteroatoms. The van der Waals surface area contributed by atoms with E-state index in [0.29, 0.717) is 0 Å². The van der Waals surface area contributed by atoms with Crippen LogP contribution in [0.15, 0.2) is 30.3 Å². The Morgan fingerprint density at radius 1 is 1.08 bits per heavy atom. The lowest BCUT2D eigenvalue weighted by atomic mass is 10.2. The van der Waals surface area contributed by atoms with Gasteiger partial charge in [0, 0.05) is 7.11 Å². The van der Waals surface area contributed by atoms with Crippen LogP contribution in [-0.2, 0) is 6.42 Å². The maximum absolute atomic E-state index is 7.00. The van der Waals surface area contributed by atoms with E-state index in [4.69, 9.17) is 5.11 Å². The normalized spacial score (nSPS) is 7.08. The smallest absolute Gasteiger partial charge is 0.0319 e. The molecule has 1 aromatic rings. The highest BCUT2D eigenvalue weighted by Gasteiger charge is 1.79. The summed E-state index contributed by atoms with van der Waals surface area (Å²) in [6, 6.07) is 10.5. The molecule has 0 fully saturated rings. The molecule has 0 aliphatic rings. The van der Waals surface area contributed by atoms with Gasteiger partial charge in [0.25, 0.3) is 0 Å². The summed E-state index contributed by atoms with van der Waals surface area (Å²) in [6.45, 7) is 2.16. The molecule has 0 amide bonds. The molecule has 0 unspecified atom stereocenters. The Hall–Kier alpha value is -0.860. The van der Waals surface area contributed by atoms with Crippen molar-refractivity contribution in [3.05, 3.63) is 35.9 Å². The molecular formula is C10H19NO. The van der Waals surface area contributed by atoms with E-state index in [1.54, 1.807) is 0 Å². The van der Waals surface area contributed by atoms with Gasteiger partial charge in [-0.15, -0.1) is 0 Å². The highest BCUT2D eigenvalue weighted by Crippen LogP contribution is 1.96. The molecule has 2 nitrogen and oxygen atoms in total. The molecule has 0 spiro atoms. The van der Waals surface area contributed by atoms with Crippen molar-refractivity contribution in [1.82, 2.24) is 0 Å². The van der Waals surface area contributed by atoms with Crippen molar-refractivity contribution in [2.24, 2.45) is 5.73 Å². The zero-order chi connectivity index (χ0) is 9.82. The Morgan fingerprint density at radius 3 is 1.75 bits per heavy atom. The van der Waals surface area contributed by atoms with Crippen molar-refractivity contribution >= 4 is 0 Å². The van der Waals surface area contributed by atoms with Gasteiger partial charge < -0.3 is 10.8 Å². The molecule has 0 heterocycles. The molecule has 3 N–H and O–H groups in total. The predicted octanol–water partition coefficient (Wildman–Crippen LogP) is 1.43. The molecule has 0 bridgehead atoms. The number of nitrogens with two attached hydrogens (primary N) is 1. The van der Waals surface area contributed by atoms with Crippen molar-refractivity contribution in [3.63, 3.8) is 0 Å². The first-order valence-electron chi connectivity index (χ1n) is 4.00. The largest absolute Gasteiger partial charge is 0.400 e. The summed E-state index contributed by atoms with van der Waals surface area (Å²) in [5.41, 5.74) is 5.91. The minimum absolute atomic E-state index is 1.00. The summed E-state index contributed by atoms with van der Waals surface area (Å²) in [6.07, 6.45) is 1.14. The van der Waals surface area contributed by atoms with Crippen molar-refractivity contribution in [1.29, 1.82) is 0 Å². The fourth-order valence-corrected chi connectivity index (χ4v) is 0.714. The van der Waals surface area contributed by atoms with Crippen LogP contribution in [-0.4, -0.2) is 19.3 Å². The zero-order valence-corrected chi connectivity index (χ0v) is 8.12. The second-order valence-electron chi connectivity index (χ2n) is 1.84. The molecule has 1 aromatic carbocycles. The van der Waals surface area contributed by atoms with Gasteiger partial charge in [-0.1, -0.05) is 37.3 Å². The first-order chi connectivity index (χ1) is 5.93. The summed E-state index contributed by atoms with van der Waals surface area (Å²) in [5, 5.41) is 7.00. The number of aliphatic hydroxyl groups is 1. The summed E-state index contributed by atoms with van der Waals surface area (Å²) in [7, 11) is 2.50. The molecule has 0 aromatic heterocycles. The fourth-order valence-electron chi connectivity index (χ4n) is 0.714. The van der Waals surface area contributed by atoms with Crippen molar-refractivity contribution in [2.75, 3.05) is 14.2 Å². The molecule has 0 aliphatic heterocycles. The Labute approximate surface area is 75.0 Å². The monoisotopic (exact) mass is 169 g/mol. The van der Waals surface area contributed by atoms with Crippen molar-refractivity contribution < 1.29 is 5.11 Å². The van der Waals surface area contributed by atoms with E-state index in [1.165, 1.54) is 12.6 Å². The fraction of sp³-hybridized carbons (Fsp3) is 0.400. The quantitative estimate of drug-likeness (QED) is 0.668. The topological polar surface area (TPSA) is 46.2 Å². The van der Waals surface area contributed by atoms with E-state index in [-0.39, 0.29) is 0 Å². The average Bonchev–Trinajstić information content (AvgIpc) is 2.25. The predicted molar refractivity (Wildman–Crippen MR) is 54.1 cm³/mol. The maximum atomic E-state index is 7.00. The van der Waals surface area contributed by atoms with Gasteiger partial charge in [0.2, 0.25) is 0 Å². The van der Waals surface area contributed by atoms with Crippen molar-refractivity contribution in [3.8, 4) is 0 Å². The highest BCUT2D eigenvalue weighted by atomic mass is 16.2. The van der Waals surface area contributed by atoms with Crippen LogP contribution in [0.2, 0.25) is 0 Å². The van der Waals surface area contributed by atoms with E-state index in [2.05, 4.69) is 36.9 Å². The SMILES string of the molecule is CCc1ccccc1.CN.CO. The molecular weight excluding hydrogens is 150 g/mol. The van der Waals surface area contributed by atoms with Crippen LogP contribution < -0.4 is 5.73 Å². The van der Waals surface area contributed by atoms with Gasteiger partial charge in [0.1, 0.15) is 0 Å². The van der Waals surface area contributed by atoms with Gasteiger partial charge >= 0.3 is 0 Å². The number of rotatable bonds is 1. The maximum Gasteiger partial charge on any atom is 0.0319 e. The zero-order valence-electron chi connectivity index (χ0n) is 8.12. The van der Waals surface area contributed by atoms with Crippen LogP contribution in [0.1, 0.15) is 12.5 Å². The Balaban J connectivity index is 0. The summed E-state index contributed by atoms with van der Waals surface area (Å²) in [5.74, 6) is 0. The minimum Gasteiger partial charge on any atom is -0.400 e. The van der Waals surface area contributed by atoms with Crippen LogP contribution >= 0.6 is 0 Å². The van der Waals surface area contributed by atoms with E-state index in [9.17, 15) is 0 Å². The lowest BCUT2D eigenvalue weighted by Gasteiger charge is -1.89. The standard InChI is InChI=1S/C8H10.CH5N.CH4O/c1-2-8-6-4-3-5-7-8;2*1-2/h3-7H,2H2,1H3;2H2,1H3;2H,1H3.